The lowest BCUT2D eigenvalue weighted by molar-refractivity contribution is 0.231. The van der Waals surface area contributed by atoms with E-state index in [1.165, 1.54) is 12.1 Å². The second kappa shape index (κ2) is 9.85. The SMILES string of the molecule is CN(C)c1cc(NC2CCC(NC(=O)NCc3ccc(F)cc3)CC2)nc2ccccc12. The first-order valence-electron chi connectivity index (χ1n) is 11.1. The summed E-state index contributed by atoms with van der Waals surface area (Å²) in [5.74, 6) is 0.612. The Hall–Kier alpha value is -3.35. The highest BCUT2D eigenvalue weighted by atomic mass is 19.1. The molecule has 0 saturated heterocycles. The van der Waals surface area contributed by atoms with Crippen molar-refractivity contribution in [2.24, 2.45) is 0 Å². The Labute approximate surface area is 188 Å². The quantitative estimate of drug-likeness (QED) is 0.527. The molecule has 0 aliphatic heterocycles. The standard InChI is InChI=1S/C25H30FN5O/c1-31(2)23-15-24(30-22-6-4-3-5-21(22)23)28-19-11-13-20(14-12-19)29-25(32)27-16-17-7-9-18(26)10-8-17/h3-10,15,19-20H,11-14,16H2,1-2H3,(H,28,30)(H2,27,29,32). The Morgan fingerprint density at radius 1 is 1.03 bits per heavy atom. The molecule has 7 heteroatoms. The second-order valence-corrected chi connectivity index (χ2v) is 8.58. The van der Waals surface area contributed by atoms with Crippen molar-refractivity contribution in [1.29, 1.82) is 0 Å². The highest BCUT2D eigenvalue weighted by molar-refractivity contribution is 5.93. The van der Waals surface area contributed by atoms with E-state index in [9.17, 15) is 9.18 Å². The summed E-state index contributed by atoms with van der Waals surface area (Å²) < 4.78 is 13.0. The minimum Gasteiger partial charge on any atom is -0.377 e. The Kier molecular flexibility index (Phi) is 6.73. The average molecular weight is 436 g/mol. The monoisotopic (exact) mass is 435 g/mol. The summed E-state index contributed by atoms with van der Waals surface area (Å²) in [6.07, 6.45) is 3.76. The molecule has 0 radical (unpaired) electrons. The van der Waals surface area contributed by atoms with Crippen molar-refractivity contribution in [2.45, 2.75) is 44.3 Å². The van der Waals surface area contributed by atoms with Gasteiger partial charge < -0.3 is 20.9 Å². The number of fused-ring (bicyclic) bond motifs is 1. The maximum atomic E-state index is 13.0. The van der Waals surface area contributed by atoms with E-state index in [0.29, 0.717) is 12.6 Å². The van der Waals surface area contributed by atoms with E-state index < -0.39 is 0 Å². The van der Waals surface area contributed by atoms with E-state index in [4.69, 9.17) is 4.98 Å². The average Bonchev–Trinajstić information content (AvgIpc) is 2.79. The van der Waals surface area contributed by atoms with E-state index in [-0.39, 0.29) is 17.9 Å². The van der Waals surface area contributed by atoms with Gasteiger partial charge in [0.25, 0.3) is 0 Å². The summed E-state index contributed by atoms with van der Waals surface area (Å²) in [4.78, 5) is 19.1. The number of aromatic nitrogens is 1. The maximum absolute atomic E-state index is 13.0. The lowest BCUT2D eigenvalue weighted by Crippen LogP contribution is -2.44. The summed E-state index contributed by atoms with van der Waals surface area (Å²) in [5, 5.41) is 10.6. The van der Waals surface area contributed by atoms with Crippen molar-refractivity contribution in [3.8, 4) is 0 Å². The fourth-order valence-electron chi connectivity index (χ4n) is 4.21. The number of para-hydroxylation sites is 1. The van der Waals surface area contributed by atoms with Gasteiger partial charge in [-0.25, -0.2) is 14.2 Å². The number of anilines is 2. The number of nitrogens with zero attached hydrogens (tertiary/aromatic N) is 2. The minimum atomic E-state index is -0.277. The predicted octanol–water partition coefficient (Wildman–Crippen LogP) is 4.66. The molecular formula is C25H30FN5O. The lowest BCUT2D eigenvalue weighted by atomic mass is 9.91. The van der Waals surface area contributed by atoms with Crippen LogP contribution in [0.25, 0.3) is 10.9 Å². The van der Waals surface area contributed by atoms with Crippen LogP contribution in [0.4, 0.5) is 20.7 Å². The third-order valence-electron chi connectivity index (χ3n) is 5.96. The number of amides is 2. The fourth-order valence-corrected chi connectivity index (χ4v) is 4.21. The fraction of sp³-hybridized carbons (Fsp3) is 0.360. The summed E-state index contributed by atoms with van der Waals surface area (Å²) in [6.45, 7) is 0.380. The molecule has 1 aliphatic rings. The van der Waals surface area contributed by atoms with Crippen LogP contribution in [-0.2, 0) is 6.54 Å². The molecule has 32 heavy (non-hydrogen) atoms. The van der Waals surface area contributed by atoms with Crippen molar-refractivity contribution in [3.05, 3.63) is 66.0 Å². The third kappa shape index (κ3) is 5.46. The molecule has 6 nitrogen and oxygen atoms in total. The van der Waals surface area contributed by atoms with Crippen molar-refractivity contribution in [1.82, 2.24) is 15.6 Å². The molecule has 1 aromatic heterocycles. The first kappa shape index (κ1) is 21.9. The van der Waals surface area contributed by atoms with Crippen LogP contribution in [0.5, 0.6) is 0 Å². The lowest BCUT2D eigenvalue weighted by Gasteiger charge is -2.30. The van der Waals surface area contributed by atoms with Crippen molar-refractivity contribution in [2.75, 3.05) is 24.3 Å². The van der Waals surface area contributed by atoms with Crippen molar-refractivity contribution >= 4 is 28.4 Å². The second-order valence-electron chi connectivity index (χ2n) is 8.58. The first-order chi connectivity index (χ1) is 15.5. The third-order valence-corrected chi connectivity index (χ3v) is 5.96. The van der Waals surface area contributed by atoms with Gasteiger partial charge in [-0.05, 0) is 49.4 Å². The number of halogens is 1. The zero-order chi connectivity index (χ0) is 22.5. The van der Waals surface area contributed by atoms with Gasteiger partial charge in [-0.15, -0.1) is 0 Å². The van der Waals surface area contributed by atoms with Gasteiger partial charge in [-0.3, -0.25) is 0 Å². The van der Waals surface area contributed by atoms with Crippen molar-refractivity contribution < 1.29 is 9.18 Å². The molecule has 0 spiro atoms. The summed E-state index contributed by atoms with van der Waals surface area (Å²) >= 11 is 0. The van der Waals surface area contributed by atoms with Crippen LogP contribution in [0.2, 0.25) is 0 Å². The number of hydrogen-bond donors (Lipinski definition) is 3. The van der Waals surface area contributed by atoms with E-state index in [0.717, 1.165) is 53.7 Å². The van der Waals surface area contributed by atoms with Gasteiger partial charge in [-0.2, -0.15) is 0 Å². The van der Waals surface area contributed by atoms with Gasteiger partial charge in [0.15, 0.2) is 0 Å². The molecule has 3 N–H and O–H groups in total. The van der Waals surface area contributed by atoms with E-state index >= 15 is 0 Å². The summed E-state index contributed by atoms with van der Waals surface area (Å²) in [6, 6.07) is 16.7. The number of carbonyl (C=O) groups excluding carboxylic acids is 1. The van der Waals surface area contributed by atoms with Gasteiger partial charge in [0.1, 0.15) is 11.6 Å². The molecule has 168 valence electrons. The van der Waals surface area contributed by atoms with Gasteiger partial charge in [0, 0.05) is 49.9 Å². The van der Waals surface area contributed by atoms with E-state index in [1.807, 2.05) is 32.3 Å². The molecule has 2 aromatic carbocycles. The van der Waals surface area contributed by atoms with Crippen LogP contribution >= 0.6 is 0 Å². The summed E-state index contributed by atoms with van der Waals surface area (Å²) in [7, 11) is 4.09. The zero-order valence-electron chi connectivity index (χ0n) is 18.6. The highest BCUT2D eigenvalue weighted by Gasteiger charge is 2.23. The largest absolute Gasteiger partial charge is 0.377 e. The molecule has 3 aromatic rings. The van der Waals surface area contributed by atoms with Crippen LogP contribution in [0.15, 0.2) is 54.6 Å². The number of rotatable bonds is 6. The zero-order valence-corrected chi connectivity index (χ0v) is 18.6. The normalized spacial score (nSPS) is 18.2. The number of urea groups is 1. The number of hydrogen-bond acceptors (Lipinski definition) is 4. The predicted molar refractivity (Wildman–Crippen MR) is 128 cm³/mol. The molecule has 0 atom stereocenters. The number of pyridine rings is 1. The Bertz CT molecular complexity index is 1060. The van der Waals surface area contributed by atoms with Crippen LogP contribution in [-0.4, -0.2) is 37.2 Å². The maximum Gasteiger partial charge on any atom is 0.315 e. The molecule has 1 saturated carbocycles. The molecule has 1 heterocycles. The highest BCUT2D eigenvalue weighted by Crippen LogP contribution is 2.29. The van der Waals surface area contributed by atoms with Gasteiger partial charge in [-0.1, -0.05) is 30.3 Å². The van der Waals surface area contributed by atoms with Gasteiger partial charge >= 0.3 is 6.03 Å². The van der Waals surface area contributed by atoms with Crippen molar-refractivity contribution in [3.63, 3.8) is 0 Å². The topological polar surface area (TPSA) is 69.3 Å². The molecule has 1 aliphatic carbocycles. The molecule has 4 rings (SSSR count). The number of benzene rings is 2. The molecule has 0 bridgehead atoms. The van der Waals surface area contributed by atoms with E-state index in [1.54, 1.807) is 12.1 Å². The van der Waals surface area contributed by atoms with Crippen LogP contribution in [0.3, 0.4) is 0 Å². The summed E-state index contributed by atoms with van der Waals surface area (Å²) in [5.41, 5.74) is 3.00. The Morgan fingerprint density at radius 3 is 2.44 bits per heavy atom. The van der Waals surface area contributed by atoms with Crippen LogP contribution < -0.4 is 20.9 Å². The molecule has 0 unspecified atom stereocenters. The van der Waals surface area contributed by atoms with Crippen LogP contribution in [0.1, 0.15) is 31.2 Å². The minimum absolute atomic E-state index is 0.156. The smallest absolute Gasteiger partial charge is 0.315 e. The molecule has 1 fully saturated rings. The van der Waals surface area contributed by atoms with Gasteiger partial charge in [0.2, 0.25) is 0 Å². The number of nitrogens with one attached hydrogen (secondary N) is 3. The number of carbonyl (C=O) groups is 1. The van der Waals surface area contributed by atoms with Gasteiger partial charge in [0.05, 0.1) is 5.52 Å². The molecule has 2 amide bonds. The van der Waals surface area contributed by atoms with E-state index in [2.05, 4.69) is 33.0 Å². The Balaban J connectivity index is 1.27. The molecular weight excluding hydrogens is 405 g/mol. The first-order valence-corrected chi connectivity index (χ1v) is 11.1. The Morgan fingerprint density at radius 2 is 1.72 bits per heavy atom. The van der Waals surface area contributed by atoms with Crippen LogP contribution in [0, 0.1) is 5.82 Å².